The molecule has 0 atom stereocenters. The Kier molecular flexibility index (Phi) is 4.87. The van der Waals surface area contributed by atoms with Crippen LogP contribution >= 0.6 is 0 Å². The molecule has 0 radical (unpaired) electrons. The second kappa shape index (κ2) is 7.25. The standard InChI is InChI=1S/C17H19N5O3/c1-12-3-4-14(15(11-12)22(24)25)21-9-5-13(6-10-21)16(23)20-17-18-7-2-8-19-17/h2-4,7-8,11,13H,5-6,9-10H2,1H3,(H,18,19,20,23). The van der Waals surface area contributed by atoms with Crippen molar-refractivity contribution in [1.29, 1.82) is 0 Å². The number of carbonyl (C=O) groups excluding carboxylic acids is 1. The smallest absolute Gasteiger partial charge is 0.292 e. The molecule has 0 saturated carbocycles. The largest absolute Gasteiger partial charge is 0.366 e. The third kappa shape index (κ3) is 3.90. The highest BCUT2D eigenvalue weighted by Gasteiger charge is 2.28. The lowest BCUT2D eigenvalue weighted by Gasteiger charge is -2.32. The summed E-state index contributed by atoms with van der Waals surface area (Å²) in [7, 11) is 0. The molecule has 1 fully saturated rings. The first-order valence-electron chi connectivity index (χ1n) is 8.12. The quantitative estimate of drug-likeness (QED) is 0.677. The van der Waals surface area contributed by atoms with Gasteiger partial charge in [0, 0.05) is 37.5 Å². The average molecular weight is 341 g/mol. The molecule has 1 saturated heterocycles. The molecule has 2 heterocycles. The van der Waals surface area contributed by atoms with Crippen LogP contribution in [-0.2, 0) is 4.79 Å². The number of rotatable bonds is 4. The number of hydrogen-bond donors (Lipinski definition) is 1. The molecule has 1 amide bonds. The number of piperidine rings is 1. The molecular formula is C17H19N5O3. The Bertz CT molecular complexity index is 773. The van der Waals surface area contributed by atoms with Crippen LogP contribution in [0.3, 0.4) is 0 Å². The third-order valence-electron chi connectivity index (χ3n) is 4.33. The first kappa shape index (κ1) is 16.8. The number of hydrogen-bond acceptors (Lipinski definition) is 6. The van der Waals surface area contributed by atoms with E-state index in [4.69, 9.17) is 0 Å². The van der Waals surface area contributed by atoms with Crippen molar-refractivity contribution >= 4 is 23.2 Å². The molecule has 25 heavy (non-hydrogen) atoms. The van der Waals surface area contributed by atoms with E-state index < -0.39 is 0 Å². The van der Waals surface area contributed by atoms with Crippen LogP contribution in [0.25, 0.3) is 0 Å². The van der Waals surface area contributed by atoms with Crippen molar-refractivity contribution in [2.24, 2.45) is 5.92 Å². The summed E-state index contributed by atoms with van der Waals surface area (Å²) < 4.78 is 0. The van der Waals surface area contributed by atoms with Gasteiger partial charge in [0.2, 0.25) is 11.9 Å². The van der Waals surface area contributed by atoms with Gasteiger partial charge in [-0.1, -0.05) is 6.07 Å². The van der Waals surface area contributed by atoms with Gasteiger partial charge in [0.1, 0.15) is 5.69 Å². The minimum Gasteiger partial charge on any atom is -0.366 e. The van der Waals surface area contributed by atoms with E-state index in [9.17, 15) is 14.9 Å². The van der Waals surface area contributed by atoms with Crippen molar-refractivity contribution in [3.8, 4) is 0 Å². The molecule has 8 heteroatoms. The Morgan fingerprint density at radius 3 is 2.60 bits per heavy atom. The lowest BCUT2D eigenvalue weighted by molar-refractivity contribution is -0.384. The SMILES string of the molecule is Cc1ccc(N2CCC(C(=O)Nc3ncccn3)CC2)c([N+](=O)[O-])c1. The fraction of sp³-hybridized carbons (Fsp3) is 0.353. The van der Waals surface area contributed by atoms with E-state index in [1.54, 1.807) is 30.6 Å². The number of benzene rings is 1. The molecule has 0 bridgehead atoms. The van der Waals surface area contributed by atoms with Crippen molar-refractivity contribution in [2.75, 3.05) is 23.3 Å². The van der Waals surface area contributed by atoms with E-state index >= 15 is 0 Å². The predicted molar refractivity (Wildman–Crippen MR) is 93.4 cm³/mol. The van der Waals surface area contributed by atoms with E-state index in [2.05, 4.69) is 15.3 Å². The molecule has 1 aliphatic rings. The molecular weight excluding hydrogens is 322 g/mol. The Morgan fingerprint density at radius 2 is 1.96 bits per heavy atom. The Hall–Kier alpha value is -3.03. The van der Waals surface area contributed by atoms with Crippen LogP contribution < -0.4 is 10.2 Å². The summed E-state index contributed by atoms with van der Waals surface area (Å²) in [5.74, 6) is 0.0397. The van der Waals surface area contributed by atoms with Crippen LogP contribution in [0.5, 0.6) is 0 Å². The Labute approximate surface area is 145 Å². The normalized spacial score (nSPS) is 15.0. The Balaban J connectivity index is 1.64. The predicted octanol–water partition coefficient (Wildman–Crippen LogP) is 2.55. The topological polar surface area (TPSA) is 101 Å². The molecule has 0 aliphatic carbocycles. The Morgan fingerprint density at radius 1 is 1.28 bits per heavy atom. The van der Waals surface area contributed by atoms with Crippen molar-refractivity contribution in [3.63, 3.8) is 0 Å². The highest BCUT2D eigenvalue weighted by atomic mass is 16.6. The summed E-state index contributed by atoms with van der Waals surface area (Å²) in [5.41, 5.74) is 1.58. The maximum atomic E-state index is 12.3. The lowest BCUT2D eigenvalue weighted by atomic mass is 9.95. The molecule has 1 N–H and O–H groups in total. The van der Waals surface area contributed by atoms with Crippen molar-refractivity contribution < 1.29 is 9.72 Å². The summed E-state index contributed by atoms with van der Waals surface area (Å²) in [6.07, 6.45) is 4.40. The van der Waals surface area contributed by atoms with Crippen molar-refractivity contribution in [3.05, 3.63) is 52.3 Å². The third-order valence-corrected chi connectivity index (χ3v) is 4.33. The first-order valence-corrected chi connectivity index (χ1v) is 8.12. The molecule has 0 spiro atoms. The number of nitrogens with zero attached hydrogens (tertiary/aromatic N) is 4. The first-order chi connectivity index (χ1) is 12.0. The molecule has 0 unspecified atom stereocenters. The van der Waals surface area contributed by atoms with E-state index in [-0.39, 0.29) is 22.4 Å². The number of amides is 1. The number of nitrogens with one attached hydrogen (secondary N) is 1. The number of nitro groups is 1. The van der Waals surface area contributed by atoms with Gasteiger partial charge < -0.3 is 4.90 Å². The van der Waals surface area contributed by atoms with Gasteiger partial charge in [0.05, 0.1) is 4.92 Å². The van der Waals surface area contributed by atoms with Gasteiger partial charge in [-0.05, 0) is 37.5 Å². The molecule has 8 nitrogen and oxygen atoms in total. The fourth-order valence-electron chi connectivity index (χ4n) is 3.01. The summed E-state index contributed by atoms with van der Waals surface area (Å²) in [5, 5.41) is 14.0. The van der Waals surface area contributed by atoms with Crippen LogP contribution in [-0.4, -0.2) is 33.9 Å². The highest BCUT2D eigenvalue weighted by molar-refractivity contribution is 5.91. The fourth-order valence-corrected chi connectivity index (χ4v) is 3.01. The lowest BCUT2D eigenvalue weighted by Crippen LogP contribution is -2.38. The van der Waals surface area contributed by atoms with Crippen LogP contribution in [0.15, 0.2) is 36.7 Å². The zero-order valence-corrected chi connectivity index (χ0v) is 13.9. The minimum atomic E-state index is -0.353. The summed E-state index contributed by atoms with van der Waals surface area (Å²) >= 11 is 0. The van der Waals surface area contributed by atoms with Crippen molar-refractivity contribution in [2.45, 2.75) is 19.8 Å². The van der Waals surface area contributed by atoms with E-state index in [1.807, 2.05) is 17.9 Å². The zero-order chi connectivity index (χ0) is 17.8. The summed E-state index contributed by atoms with van der Waals surface area (Å²) in [4.78, 5) is 33.2. The maximum Gasteiger partial charge on any atom is 0.292 e. The number of aryl methyl sites for hydroxylation is 1. The van der Waals surface area contributed by atoms with Gasteiger partial charge in [0.25, 0.3) is 5.69 Å². The van der Waals surface area contributed by atoms with E-state index in [1.165, 1.54) is 0 Å². The summed E-state index contributed by atoms with van der Waals surface area (Å²) in [6.45, 7) is 3.02. The van der Waals surface area contributed by atoms with Gasteiger partial charge in [-0.3, -0.25) is 20.2 Å². The van der Waals surface area contributed by atoms with Crippen molar-refractivity contribution in [1.82, 2.24) is 9.97 Å². The van der Waals surface area contributed by atoms with Gasteiger partial charge in [-0.25, -0.2) is 9.97 Å². The number of aromatic nitrogens is 2. The number of carbonyl (C=O) groups is 1. The molecule has 1 aromatic carbocycles. The zero-order valence-electron chi connectivity index (χ0n) is 13.9. The molecule has 1 aliphatic heterocycles. The molecule has 130 valence electrons. The molecule has 3 rings (SSSR count). The minimum absolute atomic E-state index is 0.107. The summed E-state index contributed by atoms with van der Waals surface area (Å²) in [6, 6.07) is 6.92. The van der Waals surface area contributed by atoms with Crippen LogP contribution in [0.1, 0.15) is 18.4 Å². The number of nitro benzene ring substituents is 1. The van der Waals surface area contributed by atoms with Gasteiger partial charge in [-0.15, -0.1) is 0 Å². The van der Waals surface area contributed by atoms with Crippen LogP contribution in [0.4, 0.5) is 17.3 Å². The van der Waals surface area contributed by atoms with Gasteiger partial charge in [-0.2, -0.15) is 0 Å². The van der Waals surface area contributed by atoms with Crippen LogP contribution in [0, 0.1) is 23.0 Å². The molecule has 2 aromatic rings. The monoisotopic (exact) mass is 341 g/mol. The highest BCUT2D eigenvalue weighted by Crippen LogP contribution is 2.32. The second-order valence-electron chi connectivity index (χ2n) is 6.07. The molecule has 1 aromatic heterocycles. The van der Waals surface area contributed by atoms with Gasteiger partial charge >= 0.3 is 0 Å². The van der Waals surface area contributed by atoms with E-state index in [0.717, 1.165) is 5.56 Å². The number of anilines is 2. The van der Waals surface area contributed by atoms with Gasteiger partial charge in [0.15, 0.2) is 0 Å². The second-order valence-corrected chi connectivity index (χ2v) is 6.07. The average Bonchev–Trinajstić information content (AvgIpc) is 2.62. The van der Waals surface area contributed by atoms with Crippen LogP contribution in [0.2, 0.25) is 0 Å². The van der Waals surface area contributed by atoms with E-state index in [0.29, 0.717) is 37.6 Å². The maximum absolute atomic E-state index is 12.3.